The van der Waals surface area contributed by atoms with Gasteiger partial charge in [0.2, 0.25) is 5.91 Å². The number of carbonyl (C=O) groups excluding carboxylic acids is 4. The number of nitrogens with one attached hydrogen (secondary N) is 1. The Labute approximate surface area is 200 Å². The standard InChI is InChI=1S/C24H21ClN2O5S/c1-2-13-32-23(30)18-14-17(11-12-19(18)25)26-21(28)15-27-22(29)20(33-24(27)31)10-6-9-16-7-4-3-5-8-16/h3-12,14H,2,13,15H2,1H3,(H,26,28)/b9-6-,20-10+. The van der Waals surface area contributed by atoms with Gasteiger partial charge in [-0.3, -0.25) is 19.3 Å². The minimum absolute atomic E-state index is 0.113. The van der Waals surface area contributed by atoms with Crippen LogP contribution in [0, 0.1) is 0 Å². The fourth-order valence-corrected chi connectivity index (χ4v) is 3.82. The summed E-state index contributed by atoms with van der Waals surface area (Å²) in [5.41, 5.74) is 1.36. The van der Waals surface area contributed by atoms with Crippen LogP contribution in [0.15, 0.2) is 65.6 Å². The van der Waals surface area contributed by atoms with Gasteiger partial charge in [0.1, 0.15) is 6.54 Å². The van der Waals surface area contributed by atoms with Crippen LogP contribution in [0.3, 0.4) is 0 Å². The van der Waals surface area contributed by atoms with Gasteiger partial charge in [-0.05, 0) is 48.0 Å². The minimum Gasteiger partial charge on any atom is -0.462 e. The molecule has 2 aromatic carbocycles. The summed E-state index contributed by atoms with van der Waals surface area (Å²) in [5.74, 6) is -1.73. The molecule has 0 saturated carbocycles. The maximum atomic E-state index is 12.6. The average Bonchev–Trinajstić information content (AvgIpc) is 3.07. The van der Waals surface area contributed by atoms with E-state index >= 15 is 0 Å². The van der Waals surface area contributed by atoms with Gasteiger partial charge in [0.05, 0.1) is 22.1 Å². The van der Waals surface area contributed by atoms with Gasteiger partial charge in [-0.2, -0.15) is 0 Å². The first-order chi connectivity index (χ1) is 15.9. The number of amides is 3. The fourth-order valence-electron chi connectivity index (χ4n) is 2.84. The number of carbonyl (C=O) groups is 4. The molecule has 3 rings (SSSR count). The van der Waals surface area contributed by atoms with Crippen molar-refractivity contribution < 1.29 is 23.9 Å². The molecule has 9 heteroatoms. The first-order valence-corrected chi connectivity index (χ1v) is 11.3. The van der Waals surface area contributed by atoms with Crippen molar-refractivity contribution in [2.45, 2.75) is 13.3 Å². The predicted octanol–water partition coefficient (Wildman–Crippen LogP) is 5.14. The zero-order chi connectivity index (χ0) is 23.8. The molecule has 0 spiro atoms. The van der Waals surface area contributed by atoms with Crippen LogP contribution in [0.25, 0.3) is 6.08 Å². The van der Waals surface area contributed by atoms with Crippen LogP contribution in [-0.2, 0) is 14.3 Å². The monoisotopic (exact) mass is 484 g/mol. The molecular formula is C24H21ClN2O5S. The number of hydrogen-bond acceptors (Lipinski definition) is 6. The lowest BCUT2D eigenvalue weighted by molar-refractivity contribution is -0.127. The van der Waals surface area contributed by atoms with Crippen LogP contribution in [-0.4, -0.2) is 41.1 Å². The summed E-state index contributed by atoms with van der Waals surface area (Å²) in [5, 5.41) is 2.23. The molecule has 0 aromatic heterocycles. The van der Waals surface area contributed by atoms with Gasteiger partial charge in [-0.1, -0.05) is 61.0 Å². The number of anilines is 1. The maximum absolute atomic E-state index is 12.6. The molecule has 1 heterocycles. The number of halogens is 1. The molecule has 1 saturated heterocycles. The number of benzene rings is 2. The Kier molecular flexibility index (Phi) is 8.46. The predicted molar refractivity (Wildman–Crippen MR) is 129 cm³/mol. The lowest BCUT2D eigenvalue weighted by atomic mass is 10.2. The Bertz CT molecular complexity index is 1130. The molecule has 0 bridgehead atoms. The van der Waals surface area contributed by atoms with E-state index in [0.29, 0.717) is 12.1 Å². The van der Waals surface area contributed by atoms with E-state index in [-0.39, 0.29) is 22.1 Å². The Morgan fingerprint density at radius 2 is 1.91 bits per heavy atom. The first kappa shape index (κ1) is 24.3. The van der Waals surface area contributed by atoms with Crippen LogP contribution in [0.1, 0.15) is 29.3 Å². The third kappa shape index (κ3) is 6.57. The third-order valence-electron chi connectivity index (χ3n) is 4.42. The Morgan fingerprint density at radius 3 is 2.64 bits per heavy atom. The highest BCUT2D eigenvalue weighted by Crippen LogP contribution is 2.30. The molecule has 0 aliphatic carbocycles. The highest BCUT2D eigenvalue weighted by molar-refractivity contribution is 8.18. The van der Waals surface area contributed by atoms with Crippen molar-refractivity contribution in [2.24, 2.45) is 0 Å². The highest BCUT2D eigenvalue weighted by atomic mass is 35.5. The Hall–Kier alpha value is -3.36. The molecule has 33 heavy (non-hydrogen) atoms. The lowest BCUT2D eigenvalue weighted by Crippen LogP contribution is -2.36. The number of allylic oxidation sites excluding steroid dienone is 2. The van der Waals surface area contributed by atoms with Gasteiger partial charge in [0.15, 0.2) is 0 Å². The number of thioether (sulfide) groups is 1. The molecule has 170 valence electrons. The van der Waals surface area contributed by atoms with Crippen LogP contribution < -0.4 is 5.32 Å². The van der Waals surface area contributed by atoms with Crippen LogP contribution in [0.5, 0.6) is 0 Å². The molecule has 1 aliphatic heterocycles. The topological polar surface area (TPSA) is 92.8 Å². The van der Waals surface area contributed by atoms with E-state index < -0.39 is 29.6 Å². The van der Waals surface area contributed by atoms with Crippen LogP contribution >= 0.6 is 23.4 Å². The second kappa shape index (κ2) is 11.5. The number of hydrogen-bond donors (Lipinski definition) is 1. The summed E-state index contributed by atoms with van der Waals surface area (Å²) in [7, 11) is 0. The summed E-state index contributed by atoms with van der Waals surface area (Å²) < 4.78 is 5.08. The molecule has 0 atom stereocenters. The van der Waals surface area contributed by atoms with Crippen LogP contribution in [0.2, 0.25) is 5.02 Å². The molecule has 7 nitrogen and oxygen atoms in total. The summed E-state index contributed by atoms with van der Waals surface area (Å²) in [6.07, 6.45) is 5.70. The van der Waals surface area contributed by atoms with Crippen molar-refractivity contribution in [3.8, 4) is 0 Å². The van der Waals surface area contributed by atoms with Crippen LogP contribution in [0.4, 0.5) is 10.5 Å². The number of esters is 1. The smallest absolute Gasteiger partial charge is 0.339 e. The van der Waals surface area contributed by atoms with Crippen molar-refractivity contribution in [1.29, 1.82) is 0 Å². The molecule has 1 aliphatic rings. The van der Waals surface area contributed by atoms with Gasteiger partial charge >= 0.3 is 5.97 Å². The average molecular weight is 485 g/mol. The molecule has 1 fully saturated rings. The third-order valence-corrected chi connectivity index (χ3v) is 5.67. The number of nitrogens with zero attached hydrogens (tertiary/aromatic N) is 1. The van der Waals surface area contributed by atoms with Crippen molar-refractivity contribution in [2.75, 3.05) is 18.5 Å². The number of ether oxygens (including phenoxy) is 1. The van der Waals surface area contributed by atoms with Gasteiger partial charge < -0.3 is 10.1 Å². The van der Waals surface area contributed by atoms with E-state index in [1.54, 1.807) is 12.2 Å². The van der Waals surface area contributed by atoms with Gasteiger partial charge in [0, 0.05) is 5.69 Å². The van der Waals surface area contributed by atoms with E-state index in [4.69, 9.17) is 16.3 Å². The van der Waals surface area contributed by atoms with Gasteiger partial charge in [-0.25, -0.2) is 4.79 Å². The molecule has 1 N–H and O–H groups in total. The molecular weight excluding hydrogens is 464 g/mol. The van der Waals surface area contributed by atoms with Gasteiger partial charge in [0.25, 0.3) is 11.1 Å². The Balaban J connectivity index is 1.63. The molecule has 2 aromatic rings. The molecule has 0 unspecified atom stereocenters. The van der Waals surface area contributed by atoms with Crippen molar-refractivity contribution in [3.63, 3.8) is 0 Å². The fraction of sp³-hybridized carbons (Fsp3) is 0.167. The van der Waals surface area contributed by atoms with E-state index in [1.165, 1.54) is 18.2 Å². The zero-order valence-corrected chi connectivity index (χ0v) is 19.3. The Morgan fingerprint density at radius 1 is 1.15 bits per heavy atom. The second-order valence-corrected chi connectivity index (χ2v) is 8.34. The van der Waals surface area contributed by atoms with E-state index in [0.717, 1.165) is 22.2 Å². The number of rotatable bonds is 8. The van der Waals surface area contributed by atoms with E-state index in [9.17, 15) is 19.2 Å². The largest absolute Gasteiger partial charge is 0.462 e. The SMILES string of the molecule is CCCOC(=O)c1cc(NC(=O)CN2C(=O)S/C(=C/C=C\c3ccccc3)C2=O)ccc1Cl. The summed E-state index contributed by atoms with van der Waals surface area (Å²) >= 11 is 6.82. The maximum Gasteiger partial charge on any atom is 0.339 e. The van der Waals surface area contributed by atoms with E-state index in [1.807, 2.05) is 43.3 Å². The summed E-state index contributed by atoms with van der Waals surface area (Å²) in [4.78, 5) is 50.5. The summed E-state index contributed by atoms with van der Waals surface area (Å²) in [6, 6.07) is 13.9. The van der Waals surface area contributed by atoms with Crippen molar-refractivity contribution in [3.05, 3.63) is 81.7 Å². The first-order valence-electron chi connectivity index (χ1n) is 10.1. The quantitative estimate of drug-likeness (QED) is 0.412. The van der Waals surface area contributed by atoms with Crippen molar-refractivity contribution in [1.82, 2.24) is 4.90 Å². The normalized spacial score (nSPS) is 14.8. The molecule has 0 radical (unpaired) electrons. The molecule has 3 amide bonds. The summed E-state index contributed by atoms with van der Waals surface area (Å²) in [6.45, 7) is 1.66. The highest BCUT2D eigenvalue weighted by Gasteiger charge is 2.36. The zero-order valence-electron chi connectivity index (χ0n) is 17.7. The van der Waals surface area contributed by atoms with Gasteiger partial charge in [-0.15, -0.1) is 0 Å². The lowest BCUT2D eigenvalue weighted by Gasteiger charge is -2.13. The number of imide groups is 1. The van der Waals surface area contributed by atoms with E-state index in [2.05, 4.69) is 5.32 Å². The second-order valence-electron chi connectivity index (χ2n) is 6.94. The minimum atomic E-state index is -0.599. The van der Waals surface area contributed by atoms with Crippen molar-refractivity contribution >= 4 is 58.1 Å².